The van der Waals surface area contributed by atoms with Gasteiger partial charge >= 0.3 is 5.97 Å². The summed E-state index contributed by atoms with van der Waals surface area (Å²) in [5, 5.41) is 2.63. The van der Waals surface area contributed by atoms with Gasteiger partial charge in [0.15, 0.2) is 0 Å². The second-order valence-electron chi connectivity index (χ2n) is 5.98. The minimum absolute atomic E-state index is 0.0722. The maximum Gasteiger partial charge on any atom is 0.312 e. The lowest BCUT2D eigenvalue weighted by Gasteiger charge is -2.07. The molecule has 6 nitrogen and oxygen atoms in total. The maximum absolute atomic E-state index is 12.1. The Kier molecular flexibility index (Phi) is 6.39. The zero-order valence-corrected chi connectivity index (χ0v) is 16.2. The lowest BCUT2D eigenvalue weighted by atomic mass is 10.1. The number of primary amides is 1. The van der Waals surface area contributed by atoms with Gasteiger partial charge in [0.2, 0.25) is 5.91 Å². The number of aromatic nitrogens is 1. The van der Waals surface area contributed by atoms with Crippen molar-refractivity contribution < 1.29 is 19.1 Å². The Morgan fingerprint density at radius 3 is 2.75 bits per heavy atom. The molecule has 0 aliphatic carbocycles. The first-order valence-corrected chi connectivity index (χ1v) is 9.65. The molecule has 1 aromatic heterocycles. The van der Waals surface area contributed by atoms with Crippen LogP contribution < -0.4 is 10.5 Å². The van der Waals surface area contributed by atoms with E-state index in [1.54, 1.807) is 24.3 Å². The molecule has 2 N–H and O–H groups in total. The van der Waals surface area contributed by atoms with Gasteiger partial charge in [0.25, 0.3) is 0 Å². The monoisotopic (exact) mass is 396 g/mol. The standard InChI is InChI=1S/C21H20N2O4S/c1-2-26-18-9-4-3-8-17(18)21-23-16(13-28-21)11-19(24)27-12-14-6-5-7-15(10-14)20(22)25/h3-10,13H,2,11-12H2,1H3,(H2,22,25). The molecule has 0 saturated heterocycles. The molecule has 3 rings (SSSR count). The number of thiazole rings is 1. The lowest BCUT2D eigenvalue weighted by Crippen LogP contribution is -2.12. The van der Waals surface area contributed by atoms with Gasteiger partial charge in [-0.1, -0.05) is 24.3 Å². The SMILES string of the molecule is CCOc1ccccc1-c1nc(CC(=O)OCc2cccc(C(N)=O)c2)cs1. The van der Waals surface area contributed by atoms with Gasteiger partial charge < -0.3 is 15.2 Å². The zero-order valence-electron chi connectivity index (χ0n) is 15.4. The molecular formula is C21H20N2O4S. The quantitative estimate of drug-likeness (QED) is 0.588. The topological polar surface area (TPSA) is 91.5 Å². The Balaban J connectivity index is 1.61. The van der Waals surface area contributed by atoms with Crippen molar-refractivity contribution >= 4 is 23.2 Å². The van der Waals surface area contributed by atoms with E-state index in [4.69, 9.17) is 15.2 Å². The van der Waals surface area contributed by atoms with Crippen LogP contribution in [0, 0.1) is 0 Å². The van der Waals surface area contributed by atoms with Crippen LogP contribution in [0.2, 0.25) is 0 Å². The van der Waals surface area contributed by atoms with Crippen molar-refractivity contribution in [2.24, 2.45) is 5.73 Å². The summed E-state index contributed by atoms with van der Waals surface area (Å²) in [5.74, 6) is -0.141. The fourth-order valence-electron chi connectivity index (χ4n) is 2.61. The number of amides is 1. The molecule has 0 radical (unpaired) electrons. The fraction of sp³-hybridized carbons (Fsp3) is 0.190. The molecule has 0 atom stereocenters. The Bertz CT molecular complexity index is 984. The molecule has 0 aliphatic heterocycles. The molecule has 0 fully saturated rings. The third-order valence-corrected chi connectivity index (χ3v) is 4.83. The number of nitrogens with zero attached hydrogens (tertiary/aromatic N) is 1. The third kappa shape index (κ3) is 4.95. The zero-order chi connectivity index (χ0) is 19.9. The van der Waals surface area contributed by atoms with Crippen LogP contribution >= 0.6 is 11.3 Å². The molecule has 0 aliphatic rings. The number of nitrogens with two attached hydrogens (primary N) is 1. The highest BCUT2D eigenvalue weighted by Crippen LogP contribution is 2.32. The Hall–Kier alpha value is -3.19. The number of rotatable bonds is 8. The molecule has 2 aromatic carbocycles. The van der Waals surface area contributed by atoms with Crippen molar-refractivity contribution in [2.75, 3.05) is 6.61 Å². The lowest BCUT2D eigenvalue weighted by molar-refractivity contribution is -0.144. The van der Waals surface area contributed by atoms with E-state index < -0.39 is 5.91 Å². The summed E-state index contributed by atoms with van der Waals surface area (Å²) in [6.07, 6.45) is 0.0722. The minimum Gasteiger partial charge on any atom is -0.493 e. The van der Waals surface area contributed by atoms with Crippen LogP contribution in [0.1, 0.15) is 28.5 Å². The number of carbonyl (C=O) groups excluding carboxylic acids is 2. The molecule has 0 saturated carbocycles. The number of para-hydroxylation sites is 1. The normalized spacial score (nSPS) is 10.5. The van der Waals surface area contributed by atoms with Crippen molar-refractivity contribution in [3.63, 3.8) is 0 Å². The number of esters is 1. The molecular weight excluding hydrogens is 376 g/mol. The van der Waals surface area contributed by atoms with Crippen LogP contribution in [-0.4, -0.2) is 23.5 Å². The number of hydrogen-bond acceptors (Lipinski definition) is 6. The van der Waals surface area contributed by atoms with Crippen LogP contribution in [-0.2, 0) is 22.6 Å². The molecule has 0 bridgehead atoms. The summed E-state index contributed by atoms with van der Waals surface area (Å²) in [4.78, 5) is 27.9. The minimum atomic E-state index is -0.518. The summed E-state index contributed by atoms with van der Waals surface area (Å²) in [7, 11) is 0. The first-order chi connectivity index (χ1) is 13.6. The highest BCUT2D eigenvalue weighted by molar-refractivity contribution is 7.13. The summed E-state index contributed by atoms with van der Waals surface area (Å²) < 4.78 is 10.9. The second-order valence-corrected chi connectivity index (χ2v) is 6.83. The van der Waals surface area contributed by atoms with Gasteiger partial charge in [-0.05, 0) is 36.8 Å². The van der Waals surface area contributed by atoms with Crippen molar-refractivity contribution in [3.8, 4) is 16.3 Å². The van der Waals surface area contributed by atoms with Crippen molar-refractivity contribution in [1.29, 1.82) is 0 Å². The summed E-state index contributed by atoms with van der Waals surface area (Å²) >= 11 is 1.45. The maximum atomic E-state index is 12.1. The predicted molar refractivity (Wildman–Crippen MR) is 107 cm³/mol. The van der Waals surface area contributed by atoms with Gasteiger partial charge in [-0.25, -0.2) is 4.98 Å². The molecule has 7 heteroatoms. The van der Waals surface area contributed by atoms with Crippen LogP contribution in [0.4, 0.5) is 0 Å². The number of hydrogen-bond donors (Lipinski definition) is 1. The van der Waals surface area contributed by atoms with E-state index in [-0.39, 0.29) is 19.0 Å². The van der Waals surface area contributed by atoms with Gasteiger partial charge in [-0.3, -0.25) is 9.59 Å². The smallest absolute Gasteiger partial charge is 0.312 e. The van der Waals surface area contributed by atoms with Crippen molar-refractivity contribution in [1.82, 2.24) is 4.98 Å². The molecule has 28 heavy (non-hydrogen) atoms. The molecule has 0 unspecified atom stereocenters. The van der Waals surface area contributed by atoms with E-state index in [1.165, 1.54) is 11.3 Å². The van der Waals surface area contributed by atoms with Crippen molar-refractivity contribution in [3.05, 3.63) is 70.7 Å². The van der Waals surface area contributed by atoms with Crippen molar-refractivity contribution in [2.45, 2.75) is 20.0 Å². The number of benzene rings is 2. The molecule has 1 amide bonds. The van der Waals surface area contributed by atoms with Gasteiger partial charge in [-0.2, -0.15) is 0 Å². The average Bonchev–Trinajstić information content (AvgIpc) is 3.15. The summed E-state index contributed by atoms with van der Waals surface area (Å²) in [5.41, 5.74) is 7.88. The summed E-state index contributed by atoms with van der Waals surface area (Å²) in [6.45, 7) is 2.57. The highest BCUT2D eigenvalue weighted by Gasteiger charge is 2.13. The van der Waals surface area contributed by atoms with Gasteiger partial charge in [-0.15, -0.1) is 11.3 Å². The first kappa shape index (κ1) is 19.6. The van der Waals surface area contributed by atoms with Crippen LogP contribution in [0.5, 0.6) is 5.75 Å². The highest BCUT2D eigenvalue weighted by atomic mass is 32.1. The Morgan fingerprint density at radius 1 is 1.14 bits per heavy atom. The van der Waals surface area contributed by atoms with E-state index in [0.717, 1.165) is 16.3 Å². The van der Waals surface area contributed by atoms with Gasteiger partial charge in [0, 0.05) is 10.9 Å². The summed E-state index contributed by atoms with van der Waals surface area (Å²) in [6, 6.07) is 14.4. The fourth-order valence-corrected chi connectivity index (χ4v) is 3.46. The van der Waals surface area contributed by atoms with Gasteiger partial charge in [0.05, 0.1) is 24.3 Å². The van der Waals surface area contributed by atoms with Crippen LogP contribution in [0.15, 0.2) is 53.9 Å². The number of carbonyl (C=O) groups is 2. The molecule has 144 valence electrons. The molecule has 3 aromatic rings. The van der Waals surface area contributed by atoms with E-state index >= 15 is 0 Å². The van der Waals surface area contributed by atoms with Crippen LogP contribution in [0.3, 0.4) is 0 Å². The predicted octanol–water partition coefficient (Wildman–Crippen LogP) is 3.59. The third-order valence-electron chi connectivity index (χ3n) is 3.91. The number of ether oxygens (including phenoxy) is 2. The molecule has 1 heterocycles. The van der Waals surface area contributed by atoms with Gasteiger partial charge in [0.1, 0.15) is 17.4 Å². The first-order valence-electron chi connectivity index (χ1n) is 8.77. The second kappa shape index (κ2) is 9.14. The average molecular weight is 396 g/mol. The Labute approximate surface area is 166 Å². The van der Waals surface area contributed by atoms with E-state index in [1.807, 2.05) is 36.6 Å². The van der Waals surface area contributed by atoms with E-state index in [0.29, 0.717) is 23.4 Å². The largest absolute Gasteiger partial charge is 0.493 e. The Morgan fingerprint density at radius 2 is 1.96 bits per heavy atom. The molecule has 0 spiro atoms. The van der Waals surface area contributed by atoms with E-state index in [2.05, 4.69) is 4.98 Å². The van der Waals surface area contributed by atoms with E-state index in [9.17, 15) is 9.59 Å². The van der Waals surface area contributed by atoms with Crippen LogP contribution in [0.25, 0.3) is 10.6 Å².